The van der Waals surface area contributed by atoms with Gasteiger partial charge >= 0.3 is 12.1 Å². The lowest BCUT2D eigenvalue weighted by Gasteiger charge is -2.33. The number of hydrogen-bond donors (Lipinski definition) is 0. The second-order valence-electron chi connectivity index (χ2n) is 9.65. The van der Waals surface area contributed by atoms with E-state index in [4.69, 9.17) is 9.47 Å². The number of nitrogens with zero attached hydrogens (tertiary/aromatic N) is 2. The summed E-state index contributed by atoms with van der Waals surface area (Å²) in [6.45, 7) is 10.2. The fourth-order valence-corrected chi connectivity index (χ4v) is 3.66. The molecule has 154 valence electrons. The van der Waals surface area contributed by atoms with Crippen LogP contribution in [0.1, 0.15) is 82.0 Å². The Kier molecular flexibility index (Phi) is 5.69. The number of pyridine rings is 1. The Labute approximate surface area is 167 Å². The molecule has 0 saturated heterocycles. The molecular weight excluding hydrogens is 356 g/mol. The van der Waals surface area contributed by atoms with Gasteiger partial charge in [0.1, 0.15) is 11.3 Å². The van der Waals surface area contributed by atoms with Crippen LogP contribution < -0.4 is 0 Å². The quantitative estimate of drug-likeness (QED) is 0.550. The van der Waals surface area contributed by atoms with Crippen LogP contribution in [0.3, 0.4) is 0 Å². The van der Waals surface area contributed by atoms with E-state index >= 15 is 0 Å². The van der Waals surface area contributed by atoms with Crippen LogP contribution in [0.2, 0.25) is 0 Å². The highest BCUT2D eigenvalue weighted by Gasteiger charge is 2.33. The summed E-state index contributed by atoms with van der Waals surface area (Å²) in [5, 5.41) is 0. The highest BCUT2D eigenvalue weighted by Crippen LogP contribution is 2.36. The average molecular weight is 389 g/mol. The van der Waals surface area contributed by atoms with Crippen molar-refractivity contribution in [1.29, 1.82) is 0 Å². The lowest BCUT2D eigenvalue weighted by atomic mass is 9.85. The molecular formula is C22H32N2O4. The molecule has 6 heteroatoms. The third-order valence-corrected chi connectivity index (χ3v) is 5.55. The van der Waals surface area contributed by atoms with Crippen LogP contribution in [0.15, 0.2) is 12.1 Å². The Morgan fingerprint density at radius 2 is 1.96 bits per heavy atom. The Balaban J connectivity index is 1.65. The zero-order valence-electron chi connectivity index (χ0n) is 17.7. The number of fused-ring (bicyclic) bond motifs is 1. The molecule has 0 aliphatic heterocycles. The molecule has 1 aromatic rings. The number of aryl methyl sites for hydroxylation is 1. The van der Waals surface area contributed by atoms with Gasteiger partial charge in [-0.2, -0.15) is 0 Å². The maximum absolute atomic E-state index is 12.6. The normalized spacial score (nSPS) is 18.2. The van der Waals surface area contributed by atoms with Gasteiger partial charge in [0.15, 0.2) is 6.73 Å². The van der Waals surface area contributed by atoms with Gasteiger partial charge in [-0.3, -0.25) is 4.90 Å². The van der Waals surface area contributed by atoms with E-state index in [-0.39, 0.29) is 12.1 Å². The molecule has 28 heavy (non-hydrogen) atoms. The van der Waals surface area contributed by atoms with Crippen LogP contribution in [0.5, 0.6) is 0 Å². The van der Waals surface area contributed by atoms with Crippen LogP contribution >= 0.6 is 0 Å². The molecule has 6 nitrogen and oxygen atoms in total. The predicted molar refractivity (Wildman–Crippen MR) is 106 cm³/mol. The van der Waals surface area contributed by atoms with Gasteiger partial charge in [0, 0.05) is 12.0 Å². The van der Waals surface area contributed by atoms with E-state index in [2.05, 4.69) is 18.8 Å². The van der Waals surface area contributed by atoms with Crippen LogP contribution in [0, 0.1) is 5.92 Å². The third-order valence-electron chi connectivity index (χ3n) is 5.55. The van der Waals surface area contributed by atoms with Crippen LogP contribution in [-0.2, 0) is 21.3 Å². The lowest BCUT2D eigenvalue weighted by molar-refractivity contribution is -0.0139. The van der Waals surface area contributed by atoms with Crippen molar-refractivity contribution >= 4 is 12.1 Å². The highest BCUT2D eigenvalue weighted by molar-refractivity contribution is 5.87. The SMILES string of the molecule is CC(C)(C)OC(=O)N(COC(=O)c1ccc2c(n1)C(C)(C)CC2)CC1CCC1. The van der Waals surface area contributed by atoms with E-state index in [9.17, 15) is 9.59 Å². The molecule has 0 aromatic carbocycles. The number of rotatable bonds is 5. The van der Waals surface area contributed by atoms with Crippen molar-refractivity contribution < 1.29 is 19.1 Å². The van der Waals surface area contributed by atoms with Crippen LogP contribution in [0.4, 0.5) is 4.79 Å². The van der Waals surface area contributed by atoms with Crippen molar-refractivity contribution in [3.8, 4) is 0 Å². The summed E-state index contributed by atoms with van der Waals surface area (Å²) >= 11 is 0. The summed E-state index contributed by atoms with van der Waals surface area (Å²) in [6.07, 6.45) is 4.93. The van der Waals surface area contributed by atoms with E-state index in [1.807, 2.05) is 26.8 Å². The Morgan fingerprint density at radius 3 is 2.57 bits per heavy atom. The number of esters is 1. The largest absolute Gasteiger partial charge is 0.444 e. The fourth-order valence-electron chi connectivity index (χ4n) is 3.66. The zero-order valence-corrected chi connectivity index (χ0v) is 17.7. The summed E-state index contributed by atoms with van der Waals surface area (Å²) in [7, 11) is 0. The van der Waals surface area contributed by atoms with E-state index in [0.29, 0.717) is 18.2 Å². The number of hydrogen-bond acceptors (Lipinski definition) is 5. The molecule has 0 spiro atoms. The number of carbonyl (C=O) groups is 2. The predicted octanol–water partition coefficient (Wildman–Crippen LogP) is 4.46. The first-order valence-electron chi connectivity index (χ1n) is 10.2. The molecule has 2 aliphatic rings. The molecule has 3 rings (SSSR count). The van der Waals surface area contributed by atoms with Gasteiger partial charge in [-0.1, -0.05) is 26.3 Å². The van der Waals surface area contributed by atoms with Gasteiger partial charge in [-0.05, 0) is 64.0 Å². The number of amides is 1. The fraction of sp³-hybridized carbons (Fsp3) is 0.682. The molecule has 1 amide bonds. The lowest BCUT2D eigenvalue weighted by Crippen LogP contribution is -2.42. The van der Waals surface area contributed by atoms with Gasteiger partial charge in [-0.25, -0.2) is 14.6 Å². The first-order valence-corrected chi connectivity index (χ1v) is 10.2. The minimum absolute atomic E-state index is 0.0294. The highest BCUT2D eigenvalue weighted by atomic mass is 16.6. The second-order valence-corrected chi connectivity index (χ2v) is 9.65. The minimum Gasteiger partial charge on any atom is -0.444 e. The Bertz CT molecular complexity index is 747. The minimum atomic E-state index is -0.591. The summed E-state index contributed by atoms with van der Waals surface area (Å²) in [4.78, 5) is 31.1. The van der Waals surface area contributed by atoms with Crippen molar-refractivity contribution in [3.63, 3.8) is 0 Å². The van der Waals surface area contributed by atoms with Gasteiger partial charge in [0.05, 0.1) is 5.69 Å². The first-order chi connectivity index (χ1) is 13.0. The van der Waals surface area contributed by atoms with E-state index < -0.39 is 17.7 Å². The average Bonchev–Trinajstić information content (AvgIpc) is 2.86. The molecule has 2 aliphatic carbocycles. The molecule has 0 unspecified atom stereocenters. The molecule has 1 fully saturated rings. The Hall–Kier alpha value is -2.11. The van der Waals surface area contributed by atoms with Crippen LogP contribution in [-0.4, -0.2) is 40.8 Å². The van der Waals surface area contributed by atoms with Crippen molar-refractivity contribution in [2.24, 2.45) is 5.92 Å². The van der Waals surface area contributed by atoms with Gasteiger partial charge in [0.2, 0.25) is 0 Å². The van der Waals surface area contributed by atoms with Crippen LogP contribution in [0.25, 0.3) is 0 Å². The summed E-state index contributed by atoms with van der Waals surface area (Å²) in [5.41, 5.74) is 1.84. The smallest absolute Gasteiger partial charge is 0.412 e. The second kappa shape index (κ2) is 7.72. The summed E-state index contributed by atoms with van der Waals surface area (Å²) in [6, 6.07) is 3.68. The maximum atomic E-state index is 12.6. The topological polar surface area (TPSA) is 68.7 Å². The van der Waals surface area contributed by atoms with E-state index in [1.165, 1.54) is 16.9 Å². The van der Waals surface area contributed by atoms with Crippen molar-refractivity contribution in [3.05, 3.63) is 29.1 Å². The molecule has 0 N–H and O–H groups in total. The Morgan fingerprint density at radius 1 is 1.25 bits per heavy atom. The van der Waals surface area contributed by atoms with Crippen molar-refractivity contribution in [2.45, 2.75) is 77.7 Å². The molecule has 1 aromatic heterocycles. The molecule has 1 heterocycles. The third kappa shape index (κ3) is 4.83. The molecule has 0 bridgehead atoms. The van der Waals surface area contributed by atoms with Gasteiger partial charge in [0.25, 0.3) is 0 Å². The molecule has 0 atom stereocenters. The maximum Gasteiger partial charge on any atom is 0.412 e. The number of carbonyl (C=O) groups excluding carboxylic acids is 2. The van der Waals surface area contributed by atoms with Gasteiger partial charge < -0.3 is 9.47 Å². The van der Waals surface area contributed by atoms with Gasteiger partial charge in [-0.15, -0.1) is 0 Å². The van der Waals surface area contributed by atoms with Crippen molar-refractivity contribution in [1.82, 2.24) is 9.88 Å². The van der Waals surface area contributed by atoms with E-state index in [1.54, 1.807) is 6.07 Å². The zero-order chi connectivity index (χ0) is 20.5. The molecule has 0 radical (unpaired) electrons. The number of aromatic nitrogens is 1. The first kappa shape index (κ1) is 20.6. The molecule has 1 saturated carbocycles. The van der Waals surface area contributed by atoms with Crippen molar-refractivity contribution in [2.75, 3.05) is 13.3 Å². The standard InChI is InChI=1S/C22H32N2O4/c1-21(2,3)28-20(26)24(13-15-7-6-8-15)14-27-19(25)17-10-9-16-11-12-22(4,5)18(16)23-17/h9-10,15H,6-8,11-14H2,1-5H3. The monoisotopic (exact) mass is 388 g/mol. The summed E-state index contributed by atoms with van der Waals surface area (Å²) in [5.74, 6) is -0.0576. The van der Waals surface area contributed by atoms with E-state index in [0.717, 1.165) is 31.4 Å². The summed E-state index contributed by atoms with van der Waals surface area (Å²) < 4.78 is 10.9. The number of ether oxygens (including phenoxy) is 2.